The maximum atomic E-state index is 13.7. The van der Waals surface area contributed by atoms with Crippen LogP contribution in [0.25, 0.3) is 0 Å². The SMILES string of the molecule is CCC(=O)N1CC[C@@H](NCc2ccc(OC)c(F)c2)[C@H](C)C1. The zero-order valence-electron chi connectivity index (χ0n) is 13.6. The number of hydrogen-bond donors (Lipinski definition) is 1. The molecule has 5 heteroatoms. The molecule has 1 amide bonds. The summed E-state index contributed by atoms with van der Waals surface area (Å²) in [4.78, 5) is 13.7. The summed E-state index contributed by atoms with van der Waals surface area (Å²) in [6.45, 7) is 6.27. The van der Waals surface area contributed by atoms with E-state index in [9.17, 15) is 9.18 Å². The Balaban J connectivity index is 1.87. The number of amides is 1. The van der Waals surface area contributed by atoms with E-state index in [2.05, 4.69) is 12.2 Å². The van der Waals surface area contributed by atoms with Crippen molar-refractivity contribution in [2.75, 3.05) is 20.2 Å². The van der Waals surface area contributed by atoms with E-state index in [0.29, 0.717) is 24.9 Å². The fourth-order valence-corrected chi connectivity index (χ4v) is 2.97. The molecule has 0 aromatic heterocycles. The van der Waals surface area contributed by atoms with Gasteiger partial charge in [0.05, 0.1) is 7.11 Å². The quantitative estimate of drug-likeness (QED) is 0.909. The molecule has 1 N–H and O–H groups in total. The largest absolute Gasteiger partial charge is 0.494 e. The van der Waals surface area contributed by atoms with Gasteiger partial charge >= 0.3 is 0 Å². The highest BCUT2D eigenvalue weighted by Crippen LogP contribution is 2.20. The second-order valence-corrected chi connectivity index (χ2v) is 5.92. The van der Waals surface area contributed by atoms with E-state index in [-0.39, 0.29) is 17.5 Å². The molecule has 0 spiro atoms. The molecule has 2 atom stereocenters. The van der Waals surface area contributed by atoms with E-state index < -0.39 is 0 Å². The lowest BCUT2D eigenvalue weighted by Gasteiger charge is -2.37. The van der Waals surface area contributed by atoms with E-state index in [1.54, 1.807) is 6.07 Å². The van der Waals surface area contributed by atoms with Gasteiger partial charge in [-0.3, -0.25) is 4.79 Å². The van der Waals surface area contributed by atoms with Crippen LogP contribution >= 0.6 is 0 Å². The fourth-order valence-electron chi connectivity index (χ4n) is 2.97. The van der Waals surface area contributed by atoms with Gasteiger partial charge in [-0.05, 0) is 30.0 Å². The molecule has 1 aliphatic rings. The molecule has 2 rings (SSSR count). The summed E-state index contributed by atoms with van der Waals surface area (Å²) in [6, 6.07) is 5.38. The molecule has 0 saturated carbocycles. The third-order valence-electron chi connectivity index (χ3n) is 4.35. The highest BCUT2D eigenvalue weighted by atomic mass is 19.1. The lowest BCUT2D eigenvalue weighted by Crippen LogP contribution is -2.49. The number of carbonyl (C=O) groups is 1. The Bertz CT molecular complexity index is 521. The van der Waals surface area contributed by atoms with Gasteiger partial charge in [0.2, 0.25) is 5.91 Å². The molecule has 1 aliphatic heterocycles. The maximum Gasteiger partial charge on any atom is 0.222 e. The predicted octanol–water partition coefficient (Wildman–Crippen LogP) is 2.57. The summed E-state index contributed by atoms with van der Waals surface area (Å²) in [5, 5.41) is 3.48. The lowest BCUT2D eigenvalue weighted by atomic mass is 9.93. The van der Waals surface area contributed by atoms with E-state index in [4.69, 9.17) is 4.74 Å². The summed E-state index contributed by atoms with van der Waals surface area (Å²) in [6.07, 6.45) is 1.50. The van der Waals surface area contributed by atoms with Crippen LogP contribution in [0.5, 0.6) is 5.75 Å². The molecule has 1 fully saturated rings. The first-order valence-corrected chi connectivity index (χ1v) is 7.88. The number of hydrogen-bond acceptors (Lipinski definition) is 3. The van der Waals surface area contributed by atoms with Crippen molar-refractivity contribution in [2.45, 2.75) is 39.3 Å². The standard InChI is InChI=1S/C17H25FN2O2/c1-4-17(21)20-8-7-15(12(2)11-20)19-10-13-5-6-16(22-3)14(18)9-13/h5-6,9,12,15,19H,4,7-8,10-11H2,1-3H3/t12-,15-/m1/s1. The first-order chi connectivity index (χ1) is 10.5. The number of carbonyl (C=O) groups excluding carboxylic acids is 1. The second-order valence-electron chi connectivity index (χ2n) is 5.92. The molecule has 0 bridgehead atoms. The number of benzene rings is 1. The zero-order valence-corrected chi connectivity index (χ0v) is 13.6. The molecule has 0 unspecified atom stereocenters. The van der Waals surface area contributed by atoms with Gasteiger partial charge in [-0.25, -0.2) is 4.39 Å². The van der Waals surface area contributed by atoms with Crippen LogP contribution in [0.4, 0.5) is 4.39 Å². The van der Waals surface area contributed by atoms with Crippen LogP contribution in [-0.4, -0.2) is 37.0 Å². The molecule has 0 aliphatic carbocycles. The number of rotatable bonds is 5. The van der Waals surface area contributed by atoms with Gasteiger partial charge in [-0.15, -0.1) is 0 Å². The Morgan fingerprint density at radius 1 is 1.50 bits per heavy atom. The summed E-state index contributed by atoms with van der Waals surface area (Å²) in [5.74, 6) is 0.552. The Hall–Kier alpha value is -1.62. The first-order valence-electron chi connectivity index (χ1n) is 7.88. The monoisotopic (exact) mass is 308 g/mol. The molecule has 1 heterocycles. The fraction of sp³-hybridized carbons (Fsp3) is 0.588. The second kappa shape index (κ2) is 7.58. The van der Waals surface area contributed by atoms with Crippen molar-refractivity contribution in [3.8, 4) is 5.75 Å². The predicted molar refractivity (Wildman–Crippen MR) is 84.2 cm³/mol. The molecule has 4 nitrogen and oxygen atoms in total. The molecule has 1 aromatic carbocycles. The molecule has 0 radical (unpaired) electrons. The van der Waals surface area contributed by atoms with Crippen LogP contribution in [0.15, 0.2) is 18.2 Å². The topological polar surface area (TPSA) is 41.6 Å². The highest BCUT2D eigenvalue weighted by molar-refractivity contribution is 5.75. The number of methoxy groups -OCH3 is 1. The van der Waals surface area contributed by atoms with Crippen LogP contribution < -0.4 is 10.1 Å². The third kappa shape index (κ3) is 3.97. The minimum Gasteiger partial charge on any atom is -0.494 e. The number of nitrogens with one attached hydrogen (secondary N) is 1. The van der Waals surface area contributed by atoms with Crippen LogP contribution in [0.2, 0.25) is 0 Å². The number of piperidine rings is 1. The molecule has 122 valence electrons. The molecule has 1 aromatic rings. The van der Waals surface area contributed by atoms with E-state index >= 15 is 0 Å². The molecule has 22 heavy (non-hydrogen) atoms. The van der Waals surface area contributed by atoms with E-state index in [1.165, 1.54) is 13.2 Å². The zero-order chi connectivity index (χ0) is 16.1. The van der Waals surface area contributed by atoms with Crippen LogP contribution in [0.1, 0.15) is 32.3 Å². The van der Waals surface area contributed by atoms with Gasteiger partial charge in [-0.1, -0.05) is 19.9 Å². The average molecular weight is 308 g/mol. The van der Waals surface area contributed by atoms with Crippen LogP contribution in [-0.2, 0) is 11.3 Å². The Labute approximate surface area is 131 Å². The normalized spacial score (nSPS) is 21.7. The van der Waals surface area contributed by atoms with Crippen molar-refractivity contribution in [1.82, 2.24) is 10.2 Å². The van der Waals surface area contributed by atoms with Gasteiger partial charge in [0, 0.05) is 32.1 Å². The smallest absolute Gasteiger partial charge is 0.222 e. The van der Waals surface area contributed by atoms with Gasteiger partial charge in [-0.2, -0.15) is 0 Å². The van der Waals surface area contributed by atoms with Gasteiger partial charge in [0.1, 0.15) is 0 Å². The minimum atomic E-state index is -0.335. The first kappa shape index (κ1) is 16.7. The Kier molecular flexibility index (Phi) is 5.77. The van der Waals surface area contributed by atoms with Crippen LogP contribution in [0, 0.1) is 11.7 Å². The Morgan fingerprint density at radius 3 is 2.86 bits per heavy atom. The molecular weight excluding hydrogens is 283 g/mol. The average Bonchev–Trinajstić information content (AvgIpc) is 2.53. The van der Waals surface area contributed by atoms with E-state index in [0.717, 1.165) is 25.1 Å². The van der Waals surface area contributed by atoms with Crippen molar-refractivity contribution in [2.24, 2.45) is 5.92 Å². The summed E-state index contributed by atoms with van der Waals surface area (Å²) < 4.78 is 18.6. The van der Waals surface area contributed by atoms with Crippen molar-refractivity contribution in [1.29, 1.82) is 0 Å². The lowest BCUT2D eigenvalue weighted by molar-refractivity contribution is -0.132. The van der Waals surface area contributed by atoms with Crippen molar-refractivity contribution in [3.63, 3.8) is 0 Å². The summed E-state index contributed by atoms with van der Waals surface area (Å²) in [5.41, 5.74) is 0.901. The number of likely N-dealkylation sites (tertiary alicyclic amines) is 1. The molecule has 1 saturated heterocycles. The third-order valence-corrected chi connectivity index (χ3v) is 4.35. The summed E-state index contributed by atoms with van der Waals surface area (Å²) in [7, 11) is 1.46. The maximum absolute atomic E-state index is 13.7. The number of halogens is 1. The molecular formula is C17H25FN2O2. The van der Waals surface area contributed by atoms with Gasteiger partial charge in [0.15, 0.2) is 11.6 Å². The van der Waals surface area contributed by atoms with E-state index in [1.807, 2.05) is 17.9 Å². The van der Waals surface area contributed by atoms with Crippen molar-refractivity contribution in [3.05, 3.63) is 29.6 Å². The summed E-state index contributed by atoms with van der Waals surface area (Å²) >= 11 is 0. The highest BCUT2D eigenvalue weighted by Gasteiger charge is 2.27. The Morgan fingerprint density at radius 2 is 2.27 bits per heavy atom. The minimum absolute atomic E-state index is 0.225. The van der Waals surface area contributed by atoms with Crippen molar-refractivity contribution < 1.29 is 13.9 Å². The van der Waals surface area contributed by atoms with Gasteiger partial charge < -0.3 is 15.0 Å². The van der Waals surface area contributed by atoms with Crippen LogP contribution in [0.3, 0.4) is 0 Å². The van der Waals surface area contributed by atoms with Crippen molar-refractivity contribution >= 4 is 5.91 Å². The van der Waals surface area contributed by atoms with Gasteiger partial charge in [0.25, 0.3) is 0 Å². The number of nitrogens with zero attached hydrogens (tertiary/aromatic N) is 1. The number of ether oxygens (including phenoxy) is 1.